The van der Waals surface area contributed by atoms with Gasteiger partial charge in [-0.2, -0.15) is 0 Å². The number of ketones is 3. The second-order valence-electron chi connectivity index (χ2n) is 12.5. The van der Waals surface area contributed by atoms with Crippen molar-refractivity contribution < 1.29 is 23.9 Å². The molecule has 0 bridgehead atoms. The number of para-hydroxylation sites is 1. The zero-order valence-electron chi connectivity index (χ0n) is 25.8. The number of hydrogen-bond acceptors (Lipinski definition) is 6. The van der Waals surface area contributed by atoms with E-state index in [1.165, 1.54) is 0 Å². The van der Waals surface area contributed by atoms with E-state index in [-0.39, 0.29) is 17.3 Å². The van der Waals surface area contributed by atoms with Crippen LogP contribution in [0.2, 0.25) is 0 Å². The largest absolute Gasteiger partial charge is 0.497 e. The van der Waals surface area contributed by atoms with E-state index in [2.05, 4.69) is 13.8 Å². The van der Waals surface area contributed by atoms with E-state index in [0.29, 0.717) is 39.7 Å². The third kappa shape index (κ3) is 4.19. The lowest BCUT2D eigenvalue weighted by Gasteiger charge is -2.37. The third-order valence-electron chi connectivity index (χ3n) is 9.64. The van der Waals surface area contributed by atoms with Crippen LogP contribution in [0.1, 0.15) is 67.5 Å². The van der Waals surface area contributed by atoms with Crippen molar-refractivity contribution >= 4 is 29.1 Å². The highest BCUT2D eigenvalue weighted by Crippen LogP contribution is 2.62. The minimum absolute atomic E-state index is 0.155. The highest BCUT2D eigenvalue weighted by Gasteiger charge is 2.72. The zero-order valence-corrected chi connectivity index (χ0v) is 25.8. The molecule has 1 fully saturated rings. The molecule has 7 rings (SSSR count). The number of fused-ring (bicyclic) bond motifs is 5. The first-order chi connectivity index (χ1) is 21.8. The fourth-order valence-corrected chi connectivity index (χ4v) is 7.78. The Kier molecular flexibility index (Phi) is 6.96. The normalized spacial score (nSPS) is 20.7. The number of benzene rings is 4. The number of anilines is 1. The van der Waals surface area contributed by atoms with Crippen LogP contribution >= 0.6 is 0 Å². The monoisotopic (exact) mass is 597 g/mol. The van der Waals surface area contributed by atoms with Crippen molar-refractivity contribution in [2.75, 3.05) is 19.1 Å². The van der Waals surface area contributed by atoms with Crippen LogP contribution in [0, 0.1) is 11.3 Å². The van der Waals surface area contributed by atoms with E-state index < -0.39 is 23.4 Å². The summed E-state index contributed by atoms with van der Waals surface area (Å²) in [5.74, 6) is -0.0577. The predicted octanol–water partition coefficient (Wildman–Crippen LogP) is 7.22. The average molecular weight is 598 g/mol. The molecule has 1 saturated heterocycles. The van der Waals surface area contributed by atoms with E-state index in [1.54, 1.807) is 50.6 Å². The van der Waals surface area contributed by atoms with Crippen molar-refractivity contribution in [3.63, 3.8) is 0 Å². The van der Waals surface area contributed by atoms with Crippen LogP contribution in [0.15, 0.2) is 97.1 Å². The lowest BCUT2D eigenvalue weighted by Crippen LogP contribution is -2.48. The molecule has 226 valence electrons. The van der Waals surface area contributed by atoms with Gasteiger partial charge in [-0.15, -0.1) is 0 Å². The van der Waals surface area contributed by atoms with Crippen molar-refractivity contribution in [2.45, 2.75) is 38.3 Å². The SMILES string of the molecule is COc1ccc([C@@H]2[C@@H](C(=O)c3ccc(CC(C)C)cc3)N3c4ccccc4C=C[C@@H]3C23C(=O)c2ccccc2C3=O)c(OC)c1. The smallest absolute Gasteiger partial charge is 0.185 e. The Morgan fingerprint density at radius 3 is 2.16 bits per heavy atom. The maximum Gasteiger partial charge on any atom is 0.185 e. The van der Waals surface area contributed by atoms with Gasteiger partial charge in [0.2, 0.25) is 0 Å². The molecule has 2 aliphatic heterocycles. The molecule has 4 aromatic rings. The van der Waals surface area contributed by atoms with Crippen LogP contribution < -0.4 is 14.4 Å². The Morgan fingerprint density at radius 1 is 0.844 bits per heavy atom. The molecule has 6 nitrogen and oxygen atoms in total. The van der Waals surface area contributed by atoms with Gasteiger partial charge in [-0.3, -0.25) is 14.4 Å². The third-order valence-corrected chi connectivity index (χ3v) is 9.64. The van der Waals surface area contributed by atoms with Crippen LogP contribution in [0.25, 0.3) is 6.08 Å². The molecule has 0 amide bonds. The molecule has 1 aliphatic carbocycles. The number of hydrogen-bond donors (Lipinski definition) is 0. The molecule has 6 heteroatoms. The minimum atomic E-state index is -1.60. The quantitative estimate of drug-likeness (QED) is 0.166. The first-order valence-corrected chi connectivity index (χ1v) is 15.4. The molecule has 3 atom stereocenters. The van der Waals surface area contributed by atoms with Gasteiger partial charge in [0.05, 0.1) is 20.3 Å². The Bertz CT molecular complexity index is 1840. The second kappa shape index (κ2) is 10.9. The fourth-order valence-electron chi connectivity index (χ4n) is 7.78. The summed E-state index contributed by atoms with van der Waals surface area (Å²) in [4.78, 5) is 46.8. The summed E-state index contributed by atoms with van der Waals surface area (Å²) < 4.78 is 11.4. The van der Waals surface area contributed by atoms with Gasteiger partial charge in [0.15, 0.2) is 17.3 Å². The molecule has 1 spiro atoms. The van der Waals surface area contributed by atoms with Crippen LogP contribution in [0.5, 0.6) is 11.5 Å². The first-order valence-electron chi connectivity index (χ1n) is 15.4. The van der Waals surface area contributed by atoms with Crippen molar-refractivity contribution in [1.29, 1.82) is 0 Å². The number of carbonyl (C=O) groups is 3. The fraction of sp³-hybridized carbons (Fsp3) is 0.256. The number of methoxy groups -OCH3 is 2. The lowest BCUT2D eigenvalue weighted by atomic mass is 9.64. The van der Waals surface area contributed by atoms with Gasteiger partial charge in [-0.05, 0) is 35.6 Å². The van der Waals surface area contributed by atoms with Crippen molar-refractivity contribution in [3.8, 4) is 11.5 Å². The van der Waals surface area contributed by atoms with Gasteiger partial charge in [0, 0.05) is 39.9 Å². The van der Waals surface area contributed by atoms with E-state index in [4.69, 9.17) is 9.47 Å². The molecule has 2 heterocycles. The molecule has 0 aromatic heterocycles. The summed E-state index contributed by atoms with van der Waals surface area (Å²) in [6.07, 6.45) is 4.81. The Balaban J connectivity index is 1.51. The number of nitrogens with zero attached hydrogens (tertiary/aromatic N) is 1. The summed E-state index contributed by atoms with van der Waals surface area (Å²) in [6.45, 7) is 4.33. The van der Waals surface area contributed by atoms with Gasteiger partial charge in [0.25, 0.3) is 0 Å². The van der Waals surface area contributed by atoms with Crippen molar-refractivity contribution in [1.82, 2.24) is 0 Å². The van der Waals surface area contributed by atoms with Gasteiger partial charge < -0.3 is 14.4 Å². The molecular formula is C39H35NO5. The van der Waals surface area contributed by atoms with Crippen LogP contribution in [0.3, 0.4) is 0 Å². The lowest BCUT2D eigenvalue weighted by molar-refractivity contribution is 0.0665. The highest BCUT2D eigenvalue weighted by molar-refractivity contribution is 6.32. The van der Waals surface area contributed by atoms with E-state index >= 15 is 4.79 Å². The Hall–Kier alpha value is -4.97. The highest BCUT2D eigenvalue weighted by atomic mass is 16.5. The zero-order chi connectivity index (χ0) is 31.5. The molecule has 0 saturated carbocycles. The molecule has 4 aromatic carbocycles. The maximum absolute atomic E-state index is 15.0. The van der Waals surface area contributed by atoms with Crippen molar-refractivity contribution in [3.05, 3.63) is 130 Å². The van der Waals surface area contributed by atoms with Crippen molar-refractivity contribution in [2.24, 2.45) is 11.3 Å². The molecule has 0 unspecified atom stereocenters. The molecular weight excluding hydrogens is 562 g/mol. The van der Waals surface area contributed by atoms with Gasteiger partial charge in [-0.25, -0.2) is 0 Å². The minimum Gasteiger partial charge on any atom is -0.497 e. The van der Waals surface area contributed by atoms with Crippen LogP contribution in [-0.4, -0.2) is 43.7 Å². The van der Waals surface area contributed by atoms with Crippen LogP contribution in [-0.2, 0) is 6.42 Å². The summed E-state index contributed by atoms with van der Waals surface area (Å²) in [5.41, 5.74) is 3.20. The van der Waals surface area contributed by atoms with Gasteiger partial charge in [0.1, 0.15) is 23.0 Å². The Morgan fingerprint density at radius 2 is 1.51 bits per heavy atom. The number of carbonyl (C=O) groups excluding carboxylic acids is 3. The molecule has 3 aliphatic rings. The van der Waals surface area contributed by atoms with Crippen LogP contribution in [0.4, 0.5) is 5.69 Å². The Labute approximate surface area is 263 Å². The van der Waals surface area contributed by atoms with E-state index in [0.717, 1.165) is 23.2 Å². The van der Waals surface area contributed by atoms with Gasteiger partial charge in [-0.1, -0.05) is 98.8 Å². The topological polar surface area (TPSA) is 72.9 Å². The van der Waals surface area contributed by atoms with Gasteiger partial charge >= 0.3 is 0 Å². The summed E-state index contributed by atoms with van der Waals surface area (Å²) in [5, 5.41) is 0. The summed E-state index contributed by atoms with van der Waals surface area (Å²) >= 11 is 0. The molecule has 0 N–H and O–H groups in total. The van der Waals surface area contributed by atoms with E-state index in [9.17, 15) is 9.59 Å². The van der Waals surface area contributed by atoms with E-state index in [1.807, 2.05) is 71.6 Å². The first kappa shape index (κ1) is 28.8. The number of rotatable bonds is 7. The second-order valence-corrected chi connectivity index (χ2v) is 12.5. The maximum atomic E-state index is 15.0. The summed E-state index contributed by atoms with van der Waals surface area (Å²) in [6, 6.07) is 26.4. The average Bonchev–Trinajstić information content (AvgIpc) is 3.50. The standard InChI is InChI=1S/C39H35NO5/c1-23(2)21-24-13-15-26(16-14-24)36(41)35-34(30-19-18-27(44-3)22-32(30)45-4)39(37(42)28-10-6-7-11-29(28)38(39)43)33-20-17-25-9-5-8-12-31(25)40(33)35/h5-20,22-23,33-35H,21H2,1-4H3/t33-,34-,35+/m1/s1. The molecule has 45 heavy (non-hydrogen) atoms. The summed E-state index contributed by atoms with van der Waals surface area (Å²) in [7, 11) is 3.13. The molecule has 0 radical (unpaired) electrons. The number of Topliss-reactive ketones (excluding diaryl/α,β-unsaturated/α-hetero) is 3. The number of ether oxygens (including phenoxy) is 2. The predicted molar refractivity (Wildman–Crippen MR) is 175 cm³/mol.